The van der Waals surface area contributed by atoms with Gasteiger partial charge in [-0.1, -0.05) is 84.0 Å². The SMILES string of the molecule is CC(C)(C)c1ccc(-n2c3ccccc3c3cnc4c5ncccc5n(-c5ccc(C(C)(C)C)cc5)c4c32)cc1. The van der Waals surface area contributed by atoms with Gasteiger partial charge in [-0.05, 0) is 64.4 Å². The second kappa shape index (κ2) is 8.53. The normalized spacial score (nSPS) is 12.8. The van der Waals surface area contributed by atoms with Crippen LogP contribution in [0.5, 0.6) is 0 Å². The van der Waals surface area contributed by atoms with Gasteiger partial charge >= 0.3 is 0 Å². The average molecular weight is 523 g/mol. The van der Waals surface area contributed by atoms with Crippen LogP contribution in [0.25, 0.3) is 55.2 Å². The molecule has 0 N–H and O–H groups in total. The lowest BCUT2D eigenvalue weighted by Crippen LogP contribution is -2.11. The molecule has 3 aromatic carbocycles. The van der Waals surface area contributed by atoms with E-state index in [2.05, 4.69) is 130 Å². The summed E-state index contributed by atoms with van der Waals surface area (Å²) in [5, 5.41) is 2.33. The maximum absolute atomic E-state index is 5.05. The summed E-state index contributed by atoms with van der Waals surface area (Å²) in [6.07, 6.45) is 3.89. The molecule has 0 unspecified atom stereocenters. The number of pyridine rings is 2. The molecule has 4 aromatic heterocycles. The van der Waals surface area contributed by atoms with Crippen molar-refractivity contribution in [3.63, 3.8) is 0 Å². The summed E-state index contributed by atoms with van der Waals surface area (Å²) in [4.78, 5) is 9.87. The molecule has 7 rings (SSSR count). The van der Waals surface area contributed by atoms with Gasteiger partial charge in [-0.3, -0.25) is 9.97 Å². The minimum absolute atomic E-state index is 0.0847. The van der Waals surface area contributed by atoms with Crippen molar-refractivity contribution < 1.29 is 0 Å². The minimum Gasteiger partial charge on any atom is -0.307 e. The van der Waals surface area contributed by atoms with Crippen LogP contribution in [0, 0.1) is 0 Å². The van der Waals surface area contributed by atoms with Crippen LogP contribution in [-0.4, -0.2) is 19.1 Å². The van der Waals surface area contributed by atoms with Crippen LogP contribution in [0.3, 0.4) is 0 Å². The van der Waals surface area contributed by atoms with Crippen molar-refractivity contribution in [2.24, 2.45) is 0 Å². The summed E-state index contributed by atoms with van der Waals surface area (Å²) < 4.78 is 4.75. The van der Waals surface area contributed by atoms with Gasteiger partial charge < -0.3 is 9.13 Å². The van der Waals surface area contributed by atoms with Gasteiger partial charge in [0.25, 0.3) is 0 Å². The number of hydrogen-bond acceptors (Lipinski definition) is 2. The number of para-hydroxylation sites is 1. The van der Waals surface area contributed by atoms with E-state index < -0.39 is 0 Å². The van der Waals surface area contributed by atoms with E-state index in [4.69, 9.17) is 9.97 Å². The highest BCUT2D eigenvalue weighted by molar-refractivity contribution is 6.21. The lowest BCUT2D eigenvalue weighted by atomic mass is 9.87. The number of hydrogen-bond donors (Lipinski definition) is 0. The predicted octanol–water partition coefficient (Wildman–Crippen LogP) is 9.27. The first-order valence-corrected chi connectivity index (χ1v) is 14.0. The molecule has 0 saturated carbocycles. The third-order valence-electron chi connectivity index (χ3n) is 8.14. The van der Waals surface area contributed by atoms with Crippen LogP contribution in [0.2, 0.25) is 0 Å². The van der Waals surface area contributed by atoms with Crippen molar-refractivity contribution in [3.05, 3.63) is 108 Å². The highest BCUT2D eigenvalue weighted by Crippen LogP contribution is 2.40. The van der Waals surface area contributed by atoms with Crippen LogP contribution < -0.4 is 0 Å². The molecular formula is C36H34N4. The fourth-order valence-electron chi connectivity index (χ4n) is 5.95. The maximum Gasteiger partial charge on any atom is 0.117 e. The number of nitrogens with zero attached hydrogens (tertiary/aromatic N) is 4. The van der Waals surface area contributed by atoms with Gasteiger partial charge in [-0.15, -0.1) is 0 Å². The molecule has 4 nitrogen and oxygen atoms in total. The molecule has 0 aliphatic rings. The Morgan fingerprint density at radius 2 is 1.05 bits per heavy atom. The van der Waals surface area contributed by atoms with E-state index in [1.165, 1.54) is 22.0 Å². The molecule has 7 aromatic rings. The Hall–Kier alpha value is -4.44. The van der Waals surface area contributed by atoms with E-state index in [9.17, 15) is 0 Å². The average Bonchev–Trinajstić information content (AvgIpc) is 3.45. The van der Waals surface area contributed by atoms with E-state index in [1.54, 1.807) is 0 Å². The van der Waals surface area contributed by atoms with Crippen molar-refractivity contribution in [2.45, 2.75) is 52.4 Å². The third-order valence-corrected chi connectivity index (χ3v) is 8.14. The summed E-state index contributed by atoms with van der Waals surface area (Å²) in [5.74, 6) is 0. The van der Waals surface area contributed by atoms with Crippen molar-refractivity contribution >= 4 is 43.9 Å². The maximum atomic E-state index is 5.05. The minimum atomic E-state index is 0.0847. The summed E-state index contributed by atoms with van der Waals surface area (Å²) in [7, 11) is 0. The zero-order valence-electron chi connectivity index (χ0n) is 24.0. The molecule has 198 valence electrons. The van der Waals surface area contributed by atoms with Crippen LogP contribution in [0.4, 0.5) is 0 Å². The summed E-state index contributed by atoms with van der Waals surface area (Å²) in [5.41, 5.74) is 11.3. The van der Waals surface area contributed by atoms with Crippen LogP contribution in [0.1, 0.15) is 52.7 Å². The molecule has 0 atom stereocenters. The van der Waals surface area contributed by atoms with Gasteiger partial charge in [0.15, 0.2) is 0 Å². The van der Waals surface area contributed by atoms with Gasteiger partial charge in [-0.25, -0.2) is 0 Å². The van der Waals surface area contributed by atoms with Gasteiger partial charge in [0.2, 0.25) is 0 Å². The Kier molecular flexibility index (Phi) is 5.24. The molecule has 40 heavy (non-hydrogen) atoms. The van der Waals surface area contributed by atoms with Gasteiger partial charge in [0, 0.05) is 34.5 Å². The Morgan fingerprint density at radius 3 is 1.65 bits per heavy atom. The molecule has 0 fully saturated rings. The topological polar surface area (TPSA) is 35.6 Å². The van der Waals surface area contributed by atoms with Gasteiger partial charge in [-0.2, -0.15) is 0 Å². The number of aromatic nitrogens is 4. The van der Waals surface area contributed by atoms with E-state index in [0.717, 1.165) is 44.3 Å². The fourth-order valence-corrected chi connectivity index (χ4v) is 5.95. The Bertz CT molecular complexity index is 1890. The highest BCUT2D eigenvalue weighted by Gasteiger charge is 2.23. The summed E-state index contributed by atoms with van der Waals surface area (Å²) >= 11 is 0. The zero-order chi connectivity index (χ0) is 27.8. The first-order valence-electron chi connectivity index (χ1n) is 14.0. The predicted molar refractivity (Wildman–Crippen MR) is 168 cm³/mol. The Morgan fingerprint density at radius 1 is 0.500 bits per heavy atom. The van der Waals surface area contributed by atoms with Gasteiger partial charge in [0.05, 0.1) is 22.1 Å². The monoisotopic (exact) mass is 522 g/mol. The number of benzene rings is 3. The molecular weight excluding hydrogens is 488 g/mol. The molecule has 0 radical (unpaired) electrons. The third kappa shape index (κ3) is 3.66. The first kappa shape index (κ1) is 24.6. The van der Waals surface area contributed by atoms with Crippen molar-refractivity contribution in [3.8, 4) is 11.4 Å². The molecule has 4 heteroatoms. The lowest BCUT2D eigenvalue weighted by molar-refractivity contribution is 0.590. The van der Waals surface area contributed by atoms with E-state index in [-0.39, 0.29) is 10.8 Å². The fraction of sp³-hybridized carbons (Fsp3) is 0.222. The number of rotatable bonds is 2. The second-order valence-electron chi connectivity index (χ2n) is 12.9. The highest BCUT2D eigenvalue weighted by atomic mass is 15.1. The molecule has 0 amide bonds. The smallest absolute Gasteiger partial charge is 0.117 e. The van der Waals surface area contributed by atoms with Gasteiger partial charge in [0.1, 0.15) is 11.0 Å². The van der Waals surface area contributed by atoms with Crippen LogP contribution in [-0.2, 0) is 10.8 Å². The Labute approximate surface area is 234 Å². The second-order valence-corrected chi connectivity index (χ2v) is 12.9. The van der Waals surface area contributed by atoms with E-state index in [0.29, 0.717) is 0 Å². The Balaban J connectivity index is 1.63. The van der Waals surface area contributed by atoms with Crippen LogP contribution in [0.15, 0.2) is 97.3 Å². The zero-order valence-corrected chi connectivity index (χ0v) is 24.0. The standard InChI is InChI=1S/C36H34N4/c1-35(2,3)23-13-17-25(18-14-23)39-29-11-8-7-10-27(29)28-22-38-32-31-30(12-9-21-37-31)40(34(32)33(28)39)26-19-15-24(16-20-26)36(4,5)6/h7-22H,1-6H3. The lowest BCUT2D eigenvalue weighted by Gasteiger charge is -2.20. The first-order chi connectivity index (χ1) is 19.1. The van der Waals surface area contributed by atoms with E-state index >= 15 is 0 Å². The molecule has 0 saturated heterocycles. The van der Waals surface area contributed by atoms with Crippen molar-refractivity contribution in [2.75, 3.05) is 0 Å². The molecule has 4 heterocycles. The van der Waals surface area contributed by atoms with Crippen LogP contribution >= 0.6 is 0 Å². The summed E-state index contributed by atoms with van der Waals surface area (Å²) in [6, 6.07) is 30.8. The molecule has 0 aliphatic heterocycles. The van der Waals surface area contributed by atoms with Crippen molar-refractivity contribution in [1.29, 1.82) is 0 Å². The summed E-state index contributed by atoms with van der Waals surface area (Å²) in [6.45, 7) is 13.5. The largest absolute Gasteiger partial charge is 0.307 e. The van der Waals surface area contributed by atoms with E-state index in [1.807, 2.05) is 18.5 Å². The molecule has 0 bridgehead atoms. The number of fused-ring (bicyclic) bond motifs is 7. The quantitative estimate of drug-likeness (QED) is 0.227. The molecule has 0 spiro atoms. The van der Waals surface area contributed by atoms with Crippen molar-refractivity contribution in [1.82, 2.24) is 19.1 Å². The molecule has 0 aliphatic carbocycles.